The van der Waals surface area contributed by atoms with Gasteiger partial charge in [0.1, 0.15) is 0 Å². The standard InChI is InChI=1S/C12H18BrNS/c1-9-3-2-4-10(7-9)14-8-11-5-6-12(13)15-11/h5-6,9-10,14H,2-4,7-8H2,1H3. The van der Waals surface area contributed by atoms with Crippen LogP contribution >= 0.6 is 27.3 Å². The zero-order valence-corrected chi connectivity index (χ0v) is 11.5. The molecule has 0 saturated heterocycles. The molecular weight excluding hydrogens is 270 g/mol. The Labute approximate surface area is 104 Å². The van der Waals surface area contributed by atoms with E-state index in [2.05, 4.69) is 40.3 Å². The van der Waals surface area contributed by atoms with E-state index in [0.717, 1.165) is 18.5 Å². The normalized spacial score (nSPS) is 26.8. The van der Waals surface area contributed by atoms with Gasteiger partial charge in [0.25, 0.3) is 0 Å². The van der Waals surface area contributed by atoms with Gasteiger partial charge in [-0.05, 0) is 46.8 Å². The van der Waals surface area contributed by atoms with Crippen LogP contribution in [0.25, 0.3) is 0 Å². The van der Waals surface area contributed by atoms with Crippen LogP contribution in [0, 0.1) is 5.92 Å². The summed E-state index contributed by atoms with van der Waals surface area (Å²) in [7, 11) is 0. The fourth-order valence-electron chi connectivity index (χ4n) is 2.31. The van der Waals surface area contributed by atoms with Gasteiger partial charge in [0.2, 0.25) is 0 Å². The molecule has 1 saturated carbocycles. The zero-order valence-electron chi connectivity index (χ0n) is 9.13. The average molecular weight is 288 g/mol. The molecular formula is C12H18BrNS. The first-order valence-electron chi connectivity index (χ1n) is 5.71. The van der Waals surface area contributed by atoms with Crippen LogP contribution in [0.4, 0.5) is 0 Å². The predicted octanol–water partition coefficient (Wildman–Crippen LogP) is 4.18. The first-order chi connectivity index (χ1) is 7.24. The molecule has 0 amide bonds. The molecule has 3 heteroatoms. The maximum atomic E-state index is 3.67. The summed E-state index contributed by atoms with van der Waals surface area (Å²) in [6, 6.07) is 5.08. The molecule has 1 aliphatic carbocycles. The van der Waals surface area contributed by atoms with Gasteiger partial charge in [0, 0.05) is 17.5 Å². The van der Waals surface area contributed by atoms with Gasteiger partial charge in [-0.25, -0.2) is 0 Å². The van der Waals surface area contributed by atoms with E-state index in [1.807, 2.05) is 11.3 Å². The van der Waals surface area contributed by atoms with Crippen molar-refractivity contribution < 1.29 is 0 Å². The second-order valence-electron chi connectivity index (χ2n) is 4.56. The highest BCUT2D eigenvalue weighted by molar-refractivity contribution is 9.11. The Morgan fingerprint density at radius 2 is 2.33 bits per heavy atom. The van der Waals surface area contributed by atoms with Crippen molar-refractivity contribution in [2.45, 2.75) is 45.2 Å². The Kier molecular flexibility index (Phi) is 4.23. The monoisotopic (exact) mass is 287 g/mol. The summed E-state index contributed by atoms with van der Waals surface area (Å²) in [5.74, 6) is 0.909. The number of rotatable bonds is 3. The number of halogens is 1. The van der Waals surface area contributed by atoms with E-state index < -0.39 is 0 Å². The van der Waals surface area contributed by atoms with Crippen LogP contribution < -0.4 is 5.32 Å². The van der Waals surface area contributed by atoms with Gasteiger partial charge in [0.05, 0.1) is 3.79 Å². The Hall–Kier alpha value is 0.140. The van der Waals surface area contributed by atoms with Crippen LogP contribution in [0.3, 0.4) is 0 Å². The lowest BCUT2D eigenvalue weighted by Crippen LogP contribution is -2.32. The second kappa shape index (κ2) is 5.46. The van der Waals surface area contributed by atoms with Gasteiger partial charge in [-0.1, -0.05) is 19.8 Å². The lowest BCUT2D eigenvalue weighted by atomic mass is 9.87. The molecule has 1 aromatic heterocycles. The number of hydrogen-bond donors (Lipinski definition) is 1. The molecule has 2 rings (SSSR count). The molecule has 0 spiro atoms. The fraction of sp³-hybridized carbons (Fsp3) is 0.667. The van der Waals surface area contributed by atoms with Gasteiger partial charge >= 0.3 is 0 Å². The van der Waals surface area contributed by atoms with E-state index >= 15 is 0 Å². The molecule has 1 aliphatic rings. The Balaban J connectivity index is 1.77. The molecule has 2 unspecified atom stereocenters. The molecule has 1 nitrogen and oxygen atoms in total. The zero-order chi connectivity index (χ0) is 10.7. The van der Waals surface area contributed by atoms with Crippen molar-refractivity contribution in [3.8, 4) is 0 Å². The molecule has 0 aliphatic heterocycles. The maximum absolute atomic E-state index is 3.67. The predicted molar refractivity (Wildman–Crippen MR) is 70.3 cm³/mol. The van der Waals surface area contributed by atoms with Crippen LogP contribution in [-0.4, -0.2) is 6.04 Å². The minimum atomic E-state index is 0.745. The molecule has 0 bridgehead atoms. The first-order valence-corrected chi connectivity index (χ1v) is 7.32. The van der Waals surface area contributed by atoms with Crippen LogP contribution in [0.2, 0.25) is 0 Å². The van der Waals surface area contributed by atoms with Crippen molar-refractivity contribution in [3.63, 3.8) is 0 Å². The highest BCUT2D eigenvalue weighted by Crippen LogP contribution is 2.25. The minimum Gasteiger partial charge on any atom is -0.309 e. The molecule has 1 N–H and O–H groups in total. The third-order valence-corrected chi connectivity index (χ3v) is 4.75. The van der Waals surface area contributed by atoms with Crippen molar-refractivity contribution in [3.05, 3.63) is 20.8 Å². The summed E-state index contributed by atoms with van der Waals surface area (Å²) in [4.78, 5) is 1.43. The summed E-state index contributed by atoms with van der Waals surface area (Å²) < 4.78 is 1.23. The smallest absolute Gasteiger partial charge is 0.0701 e. The Bertz CT molecular complexity index is 310. The van der Waals surface area contributed by atoms with E-state index in [4.69, 9.17) is 0 Å². The number of thiophene rings is 1. The van der Waals surface area contributed by atoms with E-state index in [1.165, 1.54) is 34.3 Å². The SMILES string of the molecule is CC1CCCC(NCc2ccc(Br)s2)C1. The van der Waals surface area contributed by atoms with Gasteiger partial charge in [-0.15, -0.1) is 11.3 Å². The summed E-state index contributed by atoms with van der Waals surface area (Å²) in [6.07, 6.45) is 5.53. The summed E-state index contributed by atoms with van der Waals surface area (Å²) >= 11 is 5.33. The highest BCUT2D eigenvalue weighted by atomic mass is 79.9. The molecule has 15 heavy (non-hydrogen) atoms. The van der Waals surface area contributed by atoms with E-state index in [-0.39, 0.29) is 0 Å². The van der Waals surface area contributed by atoms with E-state index in [9.17, 15) is 0 Å². The maximum Gasteiger partial charge on any atom is 0.0701 e. The summed E-state index contributed by atoms with van der Waals surface area (Å²) in [5.41, 5.74) is 0. The fourth-order valence-corrected chi connectivity index (χ4v) is 3.75. The molecule has 1 fully saturated rings. The summed E-state index contributed by atoms with van der Waals surface area (Å²) in [5, 5.41) is 3.67. The van der Waals surface area contributed by atoms with Crippen LogP contribution in [0.5, 0.6) is 0 Å². The van der Waals surface area contributed by atoms with Crippen molar-refractivity contribution in [2.75, 3.05) is 0 Å². The van der Waals surface area contributed by atoms with Crippen molar-refractivity contribution in [1.29, 1.82) is 0 Å². The molecule has 0 radical (unpaired) electrons. The van der Waals surface area contributed by atoms with E-state index in [1.54, 1.807) is 0 Å². The Morgan fingerprint density at radius 3 is 3.00 bits per heavy atom. The molecule has 1 heterocycles. The third-order valence-electron chi connectivity index (χ3n) is 3.13. The number of nitrogens with one attached hydrogen (secondary N) is 1. The van der Waals surface area contributed by atoms with Crippen molar-refractivity contribution in [1.82, 2.24) is 5.32 Å². The number of hydrogen-bond acceptors (Lipinski definition) is 2. The van der Waals surface area contributed by atoms with Gasteiger partial charge in [0.15, 0.2) is 0 Å². The highest BCUT2D eigenvalue weighted by Gasteiger charge is 2.18. The quantitative estimate of drug-likeness (QED) is 0.880. The lowest BCUT2D eigenvalue weighted by molar-refractivity contribution is 0.301. The van der Waals surface area contributed by atoms with Crippen molar-refractivity contribution in [2.24, 2.45) is 5.92 Å². The van der Waals surface area contributed by atoms with Crippen LogP contribution in [-0.2, 0) is 6.54 Å². The molecule has 1 aromatic rings. The minimum absolute atomic E-state index is 0.745. The van der Waals surface area contributed by atoms with Gasteiger partial charge in [-0.2, -0.15) is 0 Å². The van der Waals surface area contributed by atoms with Gasteiger partial charge in [-0.3, -0.25) is 0 Å². The second-order valence-corrected chi connectivity index (χ2v) is 7.10. The first kappa shape index (κ1) is 11.6. The van der Waals surface area contributed by atoms with Crippen LogP contribution in [0.1, 0.15) is 37.5 Å². The third kappa shape index (κ3) is 3.58. The molecule has 0 aromatic carbocycles. The lowest BCUT2D eigenvalue weighted by Gasteiger charge is -2.27. The van der Waals surface area contributed by atoms with Gasteiger partial charge < -0.3 is 5.32 Å². The molecule has 84 valence electrons. The topological polar surface area (TPSA) is 12.0 Å². The van der Waals surface area contributed by atoms with E-state index in [0.29, 0.717) is 0 Å². The Morgan fingerprint density at radius 1 is 1.47 bits per heavy atom. The summed E-state index contributed by atoms with van der Waals surface area (Å²) in [6.45, 7) is 3.41. The average Bonchev–Trinajstić information content (AvgIpc) is 2.62. The van der Waals surface area contributed by atoms with Crippen molar-refractivity contribution >= 4 is 27.3 Å². The largest absolute Gasteiger partial charge is 0.309 e. The van der Waals surface area contributed by atoms with Crippen LogP contribution in [0.15, 0.2) is 15.9 Å². The molecule has 2 atom stereocenters.